The van der Waals surface area contributed by atoms with Gasteiger partial charge in [0.2, 0.25) is 0 Å². The minimum absolute atomic E-state index is 0.109. The maximum absolute atomic E-state index is 2.55. The highest BCUT2D eigenvalue weighted by Gasteiger charge is 2.38. The molecular weight excluding hydrogens is 767 g/mol. The number of hydrogen-bond donors (Lipinski definition) is 0. The van der Waals surface area contributed by atoms with Crippen LogP contribution >= 0.6 is 11.3 Å². The van der Waals surface area contributed by atoms with Gasteiger partial charge in [0.05, 0.1) is 17.1 Å². The summed E-state index contributed by atoms with van der Waals surface area (Å²) in [6.45, 7) is 9.49. The summed E-state index contributed by atoms with van der Waals surface area (Å²) >= 11 is 1.87. The van der Waals surface area contributed by atoms with Crippen LogP contribution in [0.3, 0.4) is 0 Å². The Kier molecular flexibility index (Phi) is 8.17. The quantitative estimate of drug-likeness (QED) is 0.162. The molecule has 9 aromatic carbocycles. The van der Waals surface area contributed by atoms with Crippen molar-refractivity contribution in [2.24, 2.45) is 0 Å². The third-order valence-electron chi connectivity index (χ3n) is 13.9. The van der Waals surface area contributed by atoms with Crippen molar-refractivity contribution in [2.75, 3.05) is 4.90 Å². The first-order valence-electron chi connectivity index (χ1n) is 21.8. The van der Waals surface area contributed by atoms with Crippen molar-refractivity contribution in [3.8, 4) is 55.6 Å². The monoisotopic (exact) mass is 811 g/mol. The average molecular weight is 812 g/mol. The highest BCUT2D eigenvalue weighted by atomic mass is 32.1. The molecule has 0 fully saturated rings. The minimum Gasteiger partial charge on any atom is -0.309 e. The lowest BCUT2D eigenvalue weighted by Gasteiger charge is -2.32. The van der Waals surface area contributed by atoms with Crippen molar-refractivity contribution in [2.45, 2.75) is 38.5 Å². The largest absolute Gasteiger partial charge is 0.309 e. The third-order valence-corrected chi connectivity index (χ3v) is 15.1. The Labute approximate surface area is 368 Å². The average Bonchev–Trinajstić information content (AvgIpc) is 3.89. The van der Waals surface area contributed by atoms with Crippen molar-refractivity contribution in [3.05, 3.63) is 222 Å². The van der Waals surface area contributed by atoms with E-state index in [-0.39, 0.29) is 10.8 Å². The highest BCUT2D eigenvalue weighted by molar-refractivity contribution is 7.25. The summed E-state index contributed by atoms with van der Waals surface area (Å²) in [6, 6.07) is 74.9. The van der Waals surface area contributed by atoms with E-state index in [1.807, 2.05) is 11.3 Å². The van der Waals surface area contributed by atoms with Crippen molar-refractivity contribution in [3.63, 3.8) is 0 Å². The lowest BCUT2D eigenvalue weighted by molar-refractivity contribution is 0.660. The predicted octanol–water partition coefficient (Wildman–Crippen LogP) is 17.1. The van der Waals surface area contributed by atoms with Gasteiger partial charge in [0.1, 0.15) is 0 Å². The lowest BCUT2D eigenvalue weighted by Crippen LogP contribution is -2.15. The van der Waals surface area contributed by atoms with Gasteiger partial charge in [0.25, 0.3) is 0 Å². The van der Waals surface area contributed by atoms with Crippen LogP contribution in [0.4, 0.5) is 17.1 Å². The summed E-state index contributed by atoms with van der Waals surface area (Å²) in [7, 11) is 0. The Morgan fingerprint density at radius 1 is 0.323 bits per heavy atom. The van der Waals surface area contributed by atoms with E-state index in [4.69, 9.17) is 0 Å². The number of fused-ring (bicyclic) bond motifs is 9. The molecule has 296 valence electrons. The minimum atomic E-state index is -0.112. The summed E-state index contributed by atoms with van der Waals surface area (Å²) < 4.78 is 2.62. The molecule has 10 aromatic rings. The summed E-state index contributed by atoms with van der Waals surface area (Å²) in [4.78, 5) is 2.55. The van der Waals surface area contributed by atoms with Crippen molar-refractivity contribution >= 4 is 48.6 Å². The fourth-order valence-corrected chi connectivity index (χ4v) is 12.0. The molecule has 0 aliphatic heterocycles. The smallest absolute Gasteiger partial charge is 0.0540 e. The van der Waals surface area contributed by atoms with Gasteiger partial charge < -0.3 is 4.90 Å². The van der Waals surface area contributed by atoms with Crippen LogP contribution in [0, 0.1) is 0 Å². The van der Waals surface area contributed by atoms with Crippen LogP contribution in [0.15, 0.2) is 200 Å². The van der Waals surface area contributed by atoms with Gasteiger partial charge in [0.15, 0.2) is 0 Å². The number of anilines is 3. The topological polar surface area (TPSA) is 3.24 Å². The molecule has 0 spiro atoms. The van der Waals surface area contributed by atoms with Gasteiger partial charge in [-0.15, -0.1) is 11.3 Å². The highest BCUT2D eigenvalue weighted by Crippen LogP contribution is 2.56. The van der Waals surface area contributed by atoms with Gasteiger partial charge in [-0.05, 0) is 97.6 Å². The summed E-state index contributed by atoms with van der Waals surface area (Å²) in [6.07, 6.45) is 0. The van der Waals surface area contributed by atoms with Gasteiger partial charge in [-0.25, -0.2) is 0 Å². The van der Waals surface area contributed by atoms with Gasteiger partial charge >= 0.3 is 0 Å². The Bertz CT molecular complexity index is 3430. The SMILES string of the molecule is CC1(C)c2ccccc2-c2ccc(-c3ccccc3N(c3ccccc3-c3ccc4c(c3)sc3ccccc34)c3ccccc3-c3cccc4c3-c3ccccc3C4(C)C)cc21. The Balaban J connectivity index is 1.11. The second-order valence-electron chi connectivity index (χ2n) is 18.0. The molecule has 2 aliphatic carbocycles. The molecule has 1 heterocycles. The zero-order valence-corrected chi connectivity index (χ0v) is 36.2. The molecule has 2 aliphatic rings. The Morgan fingerprint density at radius 2 is 0.790 bits per heavy atom. The standard InChI is InChI=1S/C60H45NS/c1-59(2)50-26-12-6-23-48(50)58-47(24-17-27-51(58)59)44-21-9-15-30-55(44)61(54-29-14-8-19-41(54)39-33-35-46-45-22-10-16-31-56(45)62-57(46)37-39)53-28-13-7-18-40(53)38-32-34-43-42-20-5-11-25-49(42)60(3,4)52(43)36-38/h5-37H,1-4H3. The number of nitrogens with zero attached hydrogens (tertiary/aromatic N) is 1. The van der Waals surface area contributed by atoms with Crippen LogP contribution in [0.5, 0.6) is 0 Å². The van der Waals surface area contributed by atoms with Crippen LogP contribution < -0.4 is 4.90 Å². The van der Waals surface area contributed by atoms with Crippen LogP contribution in [0.2, 0.25) is 0 Å². The molecule has 0 saturated heterocycles. The summed E-state index contributed by atoms with van der Waals surface area (Å²) in [5.41, 5.74) is 21.3. The van der Waals surface area contributed by atoms with Crippen molar-refractivity contribution in [1.29, 1.82) is 0 Å². The van der Waals surface area contributed by atoms with Crippen molar-refractivity contribution in [1.82, 2.24) is 0 Å². The first-order chi connectivity index (χ1) is 30.3. The molecule has 1 aromatic heterocycles. The number of thiophene rings is 1. The Morgan fingerprint density at radius 3 is 1.52 bits per heavy atom. The molecule has 0 bridgehead atoms. The summed E-state index contributed by atoms with van der Waals surface area (Å²) in [5, 5.41) is 2.62. The van der Waals surface area contributed by atoms with Gasteiger partial charge in [-0.1, -0.05) is 191 Å². The molecule has 1 nitrogen and oxygen atoms in total. The van der Waals surface area contributed by atoms with E-state index < -0.39 is 0 Å². The molecule has 0 unspecified atom stereocenters. The number of para-hydroxylation sites is 3. The molecular formula is C60H45NS. The molecule has 0 saturated carbocycles. The lowest BCUT2D eigenvalue weighted by atomic mass is 9.81. The Hall–Kier alpha value is -7.00. The van der Waals surface area contributed by atoms with E-state index >= 15 is 0 Å². The van der Waals surface area contributed by atoms with E-state index in [9.17, 15) is 0 Å². The fraction of sp³-hybridized carbons (Fsp3) is 0.100. The van der Waals surface area contributed by atoms with E-state index in [2.05, 4.69) is 233 Å². The maximum atomic E-state index is 2.55. The number of benzene rings is 9. The van der Waals surface area contributed by atoms with E-state index in [0.29, 0.717) is 0 Å². The van der Waals surface area contributed by atoms with E-state index in [1.54, 1.807) is 0 Å². The number of hydrogen-bond acceptors (Lipinski definition) is 2. The molecule has 0 atom stereocenters. The normalized spacial score (nSPS) is 14.1. The second-order valence-corrected chi connectivity index (χ2v) is 19.1. The van der Waals surface area contributed by atoms with Gasteiger partial charge in [-0.3, -0.25) is 0 Å². The molecule has 0 N–H and O–H groups in total. The van der Waals surface area contributed by atoms with Crippen LogP contribution in [-0.2, 0) is 10.8 Å². The van der Waals surface area contributed by atoms with Gasteiger partial charge in [-0.2, -0.15) is 0 Å². The molecule has 2 heteroatoms. The van der Waals surface area contributed by atoms with Gasteiger partial charge in [0, 0.05) is 47.7 Å². The second kappa shape index (κ2) is 13.8. The zero-order chi connectivity index (χ0) is 41.7. The third kappa shape index (κ3) is 5.39. The van der Waals surface area contributed by atoms with E-state index in [0.717, 1.165) is 17.1 Å². The molecule has 0 radical (unpaired) electrons. The first-order valence-corrected chi connectivity index (χ1v) is 22.6. The van der Waals surface area contributed by atoms with Crippen LogP contribution in [0.25, 0.3) is 75.8 Å². The predicted molar refractivity (Wildman–Crippen MR) is 265 cm³/mol. The number of rotatable bonds is 6. The molecule has 12 rings (SSSR count). The van der Waals surface area contributed by atoms with Crippen molar-refractivity contribution < 1.29 is 0 Å². The fourth-order valence-electron chi connectivity index (χ4n) is 10.9. The summed E-state index contributed by atoms with van der Waals surface area (Å²) in [5.74, 6) is 0. The zero-order valence-electron chi connectivity index (χ0n) is 35.4. The molecule has 62 heavy (non-hydrogen) atoms. The first kappa shape index (κ1) is 36.8. The molecule has 0 amide bonds. The van der Waals surface area contributed by atoms with Crippen LogP contribution in [-0.4, -0.2) is 0 Å². The maximum Gasteiger partial charge on any atom is 0.0540 e. The van der Waals surface area contributed by atoms with Crippen LogP contribution in [0.1, 0.15) is 49.9 Å². The van der Waals surface area contributed by atoms with E-state index in [1.165, 1.54) is 98.1 Å².